The Bertz CT molecular complexity index is 199. The fraction of sp³-hybridized carbons (Fsp3) is 0.333. The van der Waals surface area contributed by atoms with Crippen LogP contribution in [0.25, 0.3) is 0 Å². The van der Waals surface area contributed by atoms with Crippen molar-refractivity contribution in [2.75, 3.05) is 0 Å². The fourth-order valence-electron chi connectivity index (χ4n) is 0.643. The number of phenols is 2. The van der Waals surface area contributed by atoms with Gasteiger partial charge in [-0.3, -0.25) is 0 Å². The molecule has 0 spiro atoms. The molecule has 1 rings (SSSR count). The van der Waals surface area contributed by atoms with Crippen LogP contribution in [0, 0.1) is 6.92 Å². The van der Waals surface area contributed by atoms with E-state index in [9.17, 15) is 0 Å². The molecule has 0 aliphatic rings. The fourth-order valence-corrected chi connectivity index (χ4v) is 0.643. The van der Waals surface area contributed by atoms with Gasteiger partial charge >= 0.3 is 0 Å². The van der Waals surface area contributed by atoms with Gasteiger partial charge in [0.1, 0.15) is 0 Å². The highest BCUT2D eigenvalue weighted by Gasteiger charge is 1.98. The molecule has 1 aromatic carbocycles. The van der Waals surface area contributed by atoms with E-state index in [-0.39, 0.29) is 11.5 Å². The van der Waals surface area contributed by atoms with Gasteiger partial charge in [0.15, 0.2) is 11.5 Å². The van der Waals surface area contributed by atoms with Crippen LogP contribution in [0.5, 0.6) is 11.5 Å². The van der Waals surface area contributed by atoms with E-state index in [1.165, 1.54) is 6.07 Å². The van der Waals surface area contributed by atoms with Crippen LogP contribution in [-0.4, -0.2) is 10.2 Å². The molecular formula is C9H14O2. The van der Waals surface area contributed by atoms with Gasteiger partial charge in [-0.15, -0.1) is 0 Å². The molecule has 0 aromatic heterocycles. The van der Waals surface area contributed by atoms with Crippen LogP contribution in [0.3, 0.4) is 0 Å². The normalized spacial score (nSPS) is 8.27. The maximum absolute atomic E-state index is 8.96. The summed E-state index contributed by atoms with van der Waals surface area (Å²) in [7, 11) is 0. The van der Waals surface area contributed by atoms with Crippen LogP contribution in [-0.2, 0) is 0 Å². The summed E-state index contributed by atoms with van der Waals surface area (Å²) in [5.74, 6) is -0.0903. The van der Waals surface area contributed by atoms with Crippen molar-refractivity contribution in [3.63, 3.8) is 0 Å². The Kier molecular flexibility index (Phi) is 4.11. The van der Waals surface area contributed by atoms with E-state index in [0.717, 1.165) is 0 Å². The predicted octanol–water partition coefficient (Wildman–Crippen LogP) is 2.43. The van der Waals surface area contributed by atoms with Gasteiger partial charge in [0.05, 0.1) is 0 Å². The van der Waals surface area contributed by atoms with E-state index in [1.54, 1.807) is 19.1 Å². The molecule has 0 saturated heterocycles. The van der Waals surface area contributed by atoms with Gasteiger partial charge in [-0.2, -0.15) is 0 Å². The highest BCUT2D eigenvalue weighted by atomic mass is 16.3. The largest absolute Gasteiger partial charge is 0.504 e. The Balaban J connectivity index is 0.000000461. The van der Waals surface area contributed by atoms with Gasteiger partial charge in [-0.25, -0.2) is 0 Å². The van der Waals surface area contributed by atoms with Crippen molar-refractivity contribution in [1.82, 2.24) is 0 Å². The van der Waals surface area contributed by atoms with E-state index < -0.39 is 0 Å². The maximum atomic E-state index is 8.96. The summed E-state index contributed by atoms with van der Waals surface area (Å²) in [6.45, 7) is 5.73. The minimum Gasteiger partial charge on any atom is -0.504 e. The average molecular weight is 154 g/mol. The Morgan fingerprint density at radius 3 is 2.00 bits per heavy atom. The van der Waals surface area contributed by atoms with Crippen molar-refractivity contribution in [3.05, 3.63) is 23.8 Å². The average Bonchev–Trinajstić information content (AvgIpc) is 2.04. The Labute approximate surface area is 67.1 Å². The first kappa shape index (κ1) is 9.82. The van der Waals surface area contributed by atoms with Crippen molar-refractivity contribution in [3.8, 4) is 11.5 Å². The molecule has 0 saturated carbocycles. The van der Waals surface area contributed by atoms with Gasteiger partial charge in [-0.05, 0) is 18.6 Å². The van der Waals surface area contributed by atoms with Gasteiger partial charge in [0.25, 0.3) is 0 Å². The van der Waals surface area contributed by atoms with Crippen LogP contribution in [0.15, 0.2) is 18.2 Å². The van der Waals surface area contributed by atoms with Gasteiger partial charge in [-0.1, -0.05) is 26.0 Å². The second-order valence-corrected chi connectivity index (χ2v) is 1.94. The van der Waals surface area contributed by atoms with Crippen molar-refractivity contribution in [2.24, 2.45) is 0 Å². The van der Waals surface area contributed by atoms with Gasteiger partial charge in [0.2, 0.25) is 0 Å². The number of hydrogen-bond donors (Lipinski definition) is 2. The van der Waals surface area contributed by atoms with E-state index in [0.29, 0.717) is 5.56 Å². The topological polar surface area (TPSA) is 40.5 Å². The van der Waals surface area contributed by atoms with Crippen molar-refractivity contribution in [1.29, 1.82) is 0 Å². The second kappa shape index (κ2) is 4.61. The Morgan fingerprint density at radius 2 is 1.64 bits per heavy atom. The first-order chi connectivity index (χ1) is 5.22. The number of rotatable bonds is 0. The quantitative estimate of drug-likeness (QED) is 0.563. The lowest BCUT2D eigenvalue weighted by Gasteiger charge is -1.97. The molecule has 0 radical (unpaired) electrons. The summed E-state index contributed by atoms with van der Waals surface area (Å²) in [6, 6.07) is 4.86. The van der Waals surface area contributed by atoms with E-state index in [4.69, 9.17) is 10.2 Å². The summed E-state index contributed by atoms with van der Waals surface area (Å²) in [6.07, 6.45) is 0. The Morgan fingerprint density at radius 1 is 1.09 bits per heavy atom. The Hall–Kier alpha value is -1.18. The highest BCUT2D eigenvalue weighted by molar-refractivity contribution is 5.43. The third-order valence-corrected chi connectivity index (χ3v) is 1.22. The SMILES string of the molecule is CC.Cc1cccc(O)c1O. The molecule has 0 aliphatic carbocycles. The smallest absolute Gasteiger partial charge is 0.160 e. The minimum atomic E-state index is -0.0602. The summed E-state index contributed by atoms with van der Waals surface area (Å²) in [5.41, 5.74) is 0.690. The lowest BCUT2D eigenvalue weighted by Crippen LogP contribution is -1.72. The number of aryl methyl sites for hydroxylation is 1. The number of benzene rings is 1. The highest BCUT2D eigenvalue weighted by Crippen LogP contribution is 2.26. The molecule has 0 unspecified atom stereocenters. The van der Waals surface area contributed by atoms with Crippen LogP contribution in [0.2, 0.25) is 0 Å². The number of phenolic OH excluding ortho intramolecular Hbond substituents is 2. The van der Waals surface area contributed by atoms with E-state index >= 15 is 0 Å². The van der Waals surface area contributed by atoms with E-state index in [1.807, 2.05) is 13.8 Å². The molecule has 1 aromatic rings. The van der Waals surface area contributed by atoms with Crippen molar-refractivity contribution < 1.29 is 10.2 Å². The molecule has 0 aliphatic heterocycles. The van der Waals surface area contributed by atoms with E-state index in [2.05, 4.69) is 0 Å². The van der Waals surface area contributed by atoms with Gasteiger partial charge in [0, 0.05) is 0 Å². The second-order valence-electron chi connectivity index (χ2n) is 1.94. The first-order valence-electron chi connectivity index (χ1n) is 3.69. The summed E-state index contributed by atoms with van der Waals surface area (Å²) in [5, 5.41) is 17.8. The van der Waals surface area contributed by atoms with Crippen LogP contribution >= 0.6 is 0 Å². The lowest BCUT2D eigenvalue weighted by molar-refractivity contribution is 0.401. The molecule has 2 N–H and O–H groups in total. The molecular weight excluding hydrogens is 140 g/mol. The summed E-state index contributed by atoms with van der Waals surface area (Å²) >= 11 is 0. The zero-order valence-electron chi connectivity index (χ0n) is 7.13. The van der Waals surface area contributed by atoms with Crippen LogP contribution < -0.4 is 0 Å². The molecule has 0 amide bonds. The zero-order chi connectivity index (χ0) is 8.85. The number of hydrogen-bond acceptors (Lipinski definition) is 2. The van der Waals surface area contributed by atoms with Crippen LogP contribution in [0.4, 0.5) is 0 Å². The molecule has 62 valence electrons. The van der Waals surface area contributed by atoms with Crippen molar-refractivity contribution >= 4 is 0 Å². The maximum Gasteiger partial charge on any atom is 0.160 e. The zero-order valence-corrected chi connectivity index (χ0v) is 7.13. The molecule has 0 atom stereocenters. The van der Waals surface area contributed by atoms with Crippen molar-refractivity contribution in [2.45, 2.75) is 20.8 Å². The molecule has 11 heavy (non-hydrogen) atoms. The third-order valence-electron chi connectivity index (χ3n) is 1.22. The third kappa shape index (κ3) is 2.50. The predicted molar refractivity (Wildman–Crippen MR) is 45.9 cm³/mol. The lowest BCUT2D eigenvalue weighted by atomic mass is 10.2. The minimum absolute atomic E-state index is 0.0301. The van der Waals surface area contributed by atoms with Gasteiger partial charge < -0.3 is 10.2 Å². The monoisotopic (exact) mass is 154 g/mol. The summed E-state index contributed by atoms with van der Waals surface area (Å²) in [4.78, 5) is 0. The van der Waals surface area contributed by atoms with Crippen LogP contribution in [0.1, 0.15) is 19.4 Å². The number of aromatic hydroxyl groups is 2. The molecule has 2 nitrogen and oxygen atoms in total. The standard InChI is InChI=1S/C7H8O2.C2H6/c1-5-3-2-4-6(8)7(5)9;1-2/h2-4,8-9H,1H3;1-2H3. The molecule has 2 heteroatoms. The molecule has 0 fully saturated rings. The molecule has 0 heterocycles. The molecule has 0 bridgehead atoms. The first-order valence-corrected chi connectivity index (χ1v) is 3.69. The number of para-hydroxylation sites is 1. The summed E-state index contributed by atoms with van der Waals surface area (Å²) < 4.78 is 0.